The van der Waals surface area contributed by atoms with Crippen molar-refractivity contribution >= 4 is 16.9 Å². The molecule has 0 fully saturated rings. The van der Waals surface area contributed by atoms with E-state index in [1.54, 1.807) is 42.5 Å². The first-order chi connectivity index (χ1) is 12.2. The third-order valence-corrected chi connectivity index (χ3v) is 3.47. The van der Waals surface area contributed by atoms with Gasteiger partial charge in [-0.05, 0) is 36.4 Å². The van der Waals surface area contributed by atoms with Crippen molar-refractivity contribution in [1.82, 2.24) is 0 Å². The largest absolute Gasteiger partial charge is 0.490 e. The number of hydrogen-bond acceptors (Lipinski definition) is 6. The Kier molecular flexibility index (Phi) is 4.99. The number of carbonyl (C=O) groups excluding carboxylic acids is 1. The molecule has 0 aliphatic carbocycles. The molecule has 0 amide bonds. The first-order valence-corrected chi connectivity index (χ1v) is 7.63. The van der Waals surface area contributed by atoms with Gasteiger partial charge in [-0.25, -0.2) is 9.59 Å². The van der Waals surface area contributed by atoms with E-state index in [4.69, 9.17) is 13.9 Å². The molecular formula is C19H16O6. The quantitative estimate of drug-likeness (QED) is 0.390. The van der Waals surface area contributed by atoms with Gasteiger partial charge in [0.2, 0.25) is 0 Å². The van der Waals surface area contributed by atoms with Crippen molar-refractivity contribution in [2.45, 2.75) is 0 Å². The Balaban J connectivity index is 1.56. The number of hydrogen-bond donors (Lipinski definition) is 0. The number of esters is 1. The average Bonchev–Trinajstić information content (AvgIpc) is 2.64. The molecule has 0 aliphatic heterocycles. The number of rotatable bonds is 6. The van der Waals surface area contributed by atoms with Gasteiger partial charge in [-0.3, -0.25) is 0 Å². The minimum atomic E-state index is -0.417. The molecule has 6 nitrogen and oxygen atoms in total. The van der Waals surface area contributed by atoms with Crippen molar-refractivity contribution < 1.29 is 23.4 Å². The Hall–Kier alpha value is -3.28. The van der Waals surface area contributed by atoms with Gasteiger partial charge >= 0.3 is 11.6 Å². The van der Waals surface area contributed by atoms with E-state index in [2.05, 4.69) is 4.74 Å². The van der Waals surface area contributed by atoms with Crippen LogP contribution in [0.3, 0.4) is 0 Å². The molecule has 0 atom stereocenters. The zero-order valence-corrected chi connectivity index (χ0v) is 13.6. The van der Waals surface area contributed by atoms with Crippen molar-refractivity contribution in [3.05, 3.63) is 70.6 Å². The van der Waals surface area contributed by atoms with Crippen LogP contribution in [0, 0.1) is 0 Å². The van der Waals surface area contributed by atoms with Gasteiger partial charge in [0.1, 0.15) is 30.3 Å². The number of ether oxygens (including phenoxy) is 3. The molecule has 0 aliphatic rings. The van der Waals surface area contributed by atoms with E-state index in [0.717, 1.165) is 5.39 Å². The standard InChI is InChI=1S/C19H16O6/c1-22-19(21)14-3-2-4-15(11-14)23-9-10-24-16-7-5-13-6-8-18(20)25-17(13)12-16/h2-8,11-12H,9-10H2,1H3. The summed E-state index contributed by atoms with van der Waals surface area (Å²) in [5.41, 5.74) is 0.487. The maximum absolute atomic E-state index is 11.5. The van der Waals surface area contributed by atoms with Gasteiger partial charge in [-0.2, -0.15) is 0 Å². The normalized spacial score (nSPS) is 10.4. The Bertz CT molecular complexity index is 944. The van der Waals surface area contributed by atoms with E-state index in [0.29, 0.717) is 35.9 Å². The summed E-state index contributed by atoms with van der Waals surface area (Å²) >= 11 is 0. The zero-order chi connectivity index (χ0) is 17.6. The fraction of sp³-hybridized carbons (Fsp3) is 0.158. The molecule has 0 saturated heterocycles. The molecule has 0 bridgehead atoms. The average molecular weight is 340 g/mol. The maximum atomic E-state index is 11.5. The second kappa shape index (κ2) is 7.53. The lowest BCUT2D eigenvalue weighted by molar-refractivity contribution is 0.0600. The van der Waals surface area contributed by atoms with Crippen LogP contribution in [-0.2, 0) is 4.74 Å². The predicted octanol–water partition coefficient (Wildman–Crippen LogP) is 3.04. The number of fused-ring (bicyclic) bond motifs is 1. The van der Waals surface area contributed by atoms with Crippen LogP contribution in [0.15, 0.2) is 63.8 Å². The van der Waals surface area contributed by atoms with Crippen LogP contribution in [0.4, 0.5) is 0 Å². The summed E-state index contributed by atoms with van der Waals surface area (Å²) in [7, 11) is 1.33. The molecule has 2 aromatic carbocycles. The second-order valence-electron chi connectivity index (χ2n) is 5.17. The van der Waals surface area contributed by atoms with Crippen LogP contribution in [-0.4, -0.2) is 26.3 Å². The lowest BCUT2D eigenvalue weighted by Crippen LogP contribution is -2.09. The highest BCUT2D eigenvalue weighted by molar-refractivity contribution is 5.89. The maximum Gasteiger partial charge on any atom is 0.337 e. The van der Waals surface area contributed by atoms with Gasteiger partial charge in [-0.15, -0.1) is 0 Å². The van der Waals surface area contributed by atoms with Crippen molar-refractivity contribution in [3.8, 4) is 11.5 Å². The smallest absolute Gasteiger partial charge is 0.337 e. The molecule has 6 heteroatoms. The Labute approximate surface area is 143 Å². The van der Waals surface area contributed by atoms with Crippen LogP contribution in [0.5, 0.6) is 11.5 Å². The van der Waals surface area contributed by atoms with E-state index in [-0.39, 0.29) is 0 Å². The highest BCUT2D eigenvalue weighted by atomic mass is 16.5. The summed E-state index contributed by atoms with van der Waals surface area (Å²) in [5, 5.41) is 0.822. The minimum absolute atomic E-state index is 0.293. The van der Waals surface area contributed by atoms with Crippen molar-refractivity contribution in [2.24, 2.45) is 0 Å². The summed E-state index contributed by atoms with van der Waals surface area (Å²) in [5.74, 6) is 0.712. The lowest BCUT2D eigenvalue weighted by Gasteiger charge is -2.09. The van der Waals surface area contributed by atoms with Crippen LogP contribution in [0.1, 0.15) is 10.4 Å². The molecule has 0 unspecified atom stereocenters. The third-order valence-electron chi connectivity index (χ3n) is 3.47. The fourth-order valence-electron chi connectivity index (χ4n) is 2.28. The van der Waals surface area contributed by atoms with E-state index < -0.39 is 11.6 Å². The first-order valence-electron chi connectivity index (χ1n) is 7.63. The topological polar surface area (TPSA) is 75.0 Å². The molecule has 0 spiro atoms. The van der Waals surface area contributed by atoms with E-state index in [1.807, 2.05) is 6.07 Å². The van der Waals surface area contributed by atoms with Gasteiger partial charge in [0.15, 0.2) is 0 Å². The van der Waals surface area contributed by atoms with Crippen molar-refractivity contribution in [1.29, 1.82) is 0 Å². The van der Waals surface area contributed by atoms with Gasteiger partial charge < -0.3 is 18.6 Å². The SMILES string of the molecule is COC(=O)c1cccc(OCCOc2ccc3ccc(=O)oc3c2)c1. The van der Waals surface area contributed by atoms with Gasteiger partial charge in [0, 0.05) is 17.5 Å². The first kappa shape index (κ1) is 16.6. The number of benzene rings is 2. The third kappa shape index (κ3) is 4.17. The molecule has 3 aromatic rings. The number of carbonyl (C=O) groups is 1. The molecule has 0 N–H and O–H groups in total. The molecule has 128 valence electrons. The van der Waals surface area contributed by atoms with E-state index >= 15 is 0 Å². The molecule has 1 heterocycles. The summed E-state index contributed by atoms with van der Waals surface area (Å²) in [6, 6.07) is 15.1. The Morgan fingerprint density at radius 2 is 1.68 bits per heavy atom. The summed E-state index contributed by atoms with van der Waals surface area (Å²) in [6.07, 6.45) is 0. The molecule has 0 radical (unpaired) electrons. The van der Waals surface area contributed by atoms with Crippen molar-refractivity contribution in [2.75, 3.05) is 20.3 Å². The van der Waals surface area contributed by atoms with Crippen LogP contribution >= 0.6 is 0 Å². The monoisotopic (exact) mass is 340 g/mol. The highest BCUT2D eigenvalue weighted by Crippen LogP contribution is 2.19. The van der Waals surface area contributed by atoms with E-state index in [1.165, 1.54) is 13.2 Å². The molecule has 3 rings (SSSR count). The fourth-order valence-corrected chi connectivity index (χ4v) is 2.28. The predicted molar refractivity (Wildman–Crippen MR) is 91.3 cm³/mol. The Morgan fingerprint density at radius 3 is 2.44 bits per heavy atom. The zero-order valence-electron chi connectivity index (χ0n) is 13.6. The second-order valence-corrected chi connectivity index (χ2v) is 5.17. The van der Waals surface area contributed by atoms with Crippen LogP contribution < -0.4 is 15.1 Å². The van der Waals surface area contributed by atoms with Crippen LogP contribution in [0.2, 0.25) is 0 Å². The highest BCUT2D eigenvalue weighted by Gasteiger charge is 2.06. The number of methoxy groups -OCH3 is 1. The summed E-state index contributed by atoms with van der Waals surface area (Å²) < 4.78 is 20.9. The molecule has 0 saturated carbocycles. The van der Waals surface area contributed by atoms with Crippen molar-refractivity contribution in [3.63, 3.8) is 0 Å². The summed E-state index contributed by atoms with van der Waals surface area (Å²) in [4.78, 5) is 22.7. The molecule has 25 heavy (non-hydrogen) atoms. The summed E-state index contributed by atoms with van der Waals surface area (Å²) in [6.45, 7) is 0.590. The molecule has 1 aromatic heterocycles. The molecular weight excluding hydrogens is 324 g/mol. The van der Waals surface area contributed by atoms with Gasteiger partial charge in [0.05, 0.1) is 12.7 Å². The minimum Gasteiger partial charge on any atom is -0.490 e. The Morgan fingerprint density at radius 1 is 0.960 bits per heavy atom. The lowest BCUT2D eigenvalue weighted by atomic mass is 10.2. The van der Waals surface area contributed by atoms with Gasteiger partial charge in [0.25, 0.3) is 0 Å². The van der Waals surface area contributed by atoms with Crippen LogP contribution in [0.25, 0.3) is 11.0 Å². The van der Waals surface area contributed by atoms with E-state index in [9.17, 15) is 9.59 Å². The van der Waals surface area contributed by atoms with Gasteiger partial charge in [-0.1, -0.05) is 6.07 Å².